The minimum absolute atomic E-state index is 0.0439. The second kappa shape index (κ2) is 5.48. The minimum atomic E-state index is 0.0439. The topological polar surface area (TPSA) is 37.6 Å². The van der Waals surface area contributed by atoms with Gasteiger partial charge in [-0.15, -0.1) is 0 Å². The molecule has 0 fully saturated rings. The van der Waals surface area contributed by atoms with Gasteiger partial charge < -0.3 is 4.90 Å². The van der Waals surface area contributed by atoms with Gasteiger partial charge in [0.25, 0.3) is 5.91 Å². The van der Waals surface area contributed by atoms with Crippen LogP contribution in [0.3, 0.4) is 0 Å². The van der Waals surface area contributed by atoms with Gasteiger partial charge in [-0.2, -0.15) is 0 Å². The highest BCUT2D eigenvalue weighted by Crippen LogP contribution is 2.33. The van der Waals surface area contributed by atoms with Crippen LogP contribution in [0.1, 0.15) is 41.2 Å². The fourth-order valence-electron chi connectivity index (χ4n) is 3.66. The van der Waals surface area contributed by atoms with Gasteiger partial charge in [-0.1, -0.05) is 31.2 Å². The monoisotopic (exact) mass is 319 g/mol. The Morgan fingerprint density at radius 3 is 2.83 bits per heavy atom. The van der Waals surface area contributed by atoms with Crippen molar-refractivity contribution in [3.8, 4) is 0 Å². The van der Waals surface area contributed by atoms with Crippen molar-refractivity contribution in [3.05, 3.63) is 65.1 Å². The molecule has 1 amide bonds. The maximum Gasteiger partial charge on any atom is 0.277 e. The Labute approximate surface area is 141 Å². The lowest BCUT2D eigenvalue weighted by atomic mass is 10.1. The number of imidazole rings is 1. The molecule has 4 rings (SSSR count). The van der Waals surface area contributed by atoms with Gasteiger partial charge >= 0.3 is 0 Å². The molecule has 0 N–H and O–H groups in total. The smallest absolute Gasteiger partial charge is 0.277 e. The van der Waals surface area contributed by atoms with Gasteiger partial charge in [0.1, 0.15) is 11.3 Å². The van der Waals surface area contributed by atoms with E-state index in [1.807, 2.05) is 59.7 Å². The molecule has 4 heteroatoms. The van der Waals surface area contributed by atoms with Crippen molar-refractivity contribution in [1.29, 1.82) is 0 Å². The third kappa shape index (κ3) is 2.13. The van der Waals surface area contributed by atoms with Crippen LogP contribution in [0.5, 0.6) is 0 Å². The summed E-state index contributed by atoms with van der Waals surface area (Å²) in [5, 5.41) is 0. The van der Waals surface area contributed by atoms with Gasteiger partial charge in [0.05, 0.1) is 5.69 Å². The average molecular weight is 319 g/mol. The summed E-state index contributed by atoms with van der Waals surface area (Å²) < 4.78 is 1.95. The Balaban J connectivity index is 1.89. The zero-order valence-corrected chi connectivity index (χ0v) is 14.3. The van der Waals surface area contributed by atoms with E-state index in [-0.39, 0.29) is 11.9 Å². The molecule has 1 aliphatic heterocycles. The van der Waals surface area contributed by atoms with E-state index in [1.54, 1.807) is 0 Å². The van der Waals surface area contributed by atoms with Gasteiger partial charge in [0.15, 0.2) is 0 Å². The van der Waals surface area contributed by atoms with Crippen molar-refractivity contribution in [1.82, 2.24) is 9.38 Å². The van der Waals surface area contributed by atoms with Crippen LogP contribution in [0.2, 0.25) is 0 Å². The summed E-state index contributed by atoms with van der Waals surface area (Å²) >= 11 is 0. The summed E-state index contributed by atoms with van der Waals surface area (Å²) in [6.07, 6.45) is 3.65. The maximum absolute atomic E-state index is 13.5. The van der Waals surface area contributed by atoms with Crippen molar-refractivity contribution in [2.45, 2.75) is 39.7 Å². The number of aromatic nitrogens is 2. The van der Waals surface area contributed by atoms with Crippen LogP contribution < -0.4 is 4.90 Å². The second-order valence-corrected chi connectivity index (χ2v) is 6.55. The lowest BCUT2D eigenvalue weighted by Crippen LogP contribution is -2.37. The largest absolute Gasteiger partial charge is 0.304 e. The van der Waals surface area contributed by atoms with Crippen LogP contribution in [0, 0.1) is 6.92 Å². The molecule has 4 nitrogen and oxygen atoms in total. The van der Waals surface area contributed by atoms with E-state index in [4.69, 9.17) is 0 Å². The lowest BCUT2D eigenvalue weighted by molar-refractivity contribution is 0.0975. The molecule has 3 aromatic rings. The van der Waals surface area contributed by atoms with Crippen LogP contribution in [0.4, 0.5) is 5.69 Å². The van der Waals surface area contributed by atoms with E-state index in [2.05, 4.69) is 18.0 Å². The normalized spacial score (nSPS) is 16.6. The van der Waals surface area contributed by atoms with Crippen molar-refractivity contribution in [2.75, 3.05) is 4.90 Å². The van der Waals surface area contributed by atoms with Crippen LogP contribution >= 0.6 is 0 Å². The predicted octanol–water partition coefficient (Wildman–Crippen LogP) is 3.80. The molecule has 0 saturated heterocycles. The number of anilines is 1. The molecule has 0 spiro atoms. The molecule has 122 valence electrons. The SMILES string of the molecule is CCc1nc2ccc(C)cn2c1C(=O)N1c2ccccc2CC1C. The third-order valence-electron chi connectivity index (χ3n) is 4.80. The first-order valence-corrected chi connectivity index (χ1v) is 8.49. The molecular formula is C20H21N3O. The van der Waals surface area contributed by atoms with E-state index in [0.717, 1.165) is 35.4 Å². The first kappa shape index (κ1) is 14.9. The van der Waals surface area contributed by atoms with Crippen molar-refractivity contribution < 1.29 is 4.79 Å². The van der Waals surface area contributed by atoms with Crippen LogP contribution in [-0.4, -0.2) is 21.3 Å². The van der Waals surface area contributed by atoms with Gasteiger partial charge in [-0.25, -0.2) is 4.98 Å². The zero-order valence-electron chi connectivity index (χ0n) is 14.3. The number of para-hydroxylation sites is 1. The molecule has 0 bridgehead atoms. The van der Waals surface area contributed by atoms with Gasteiger partial charge in [-0.05, 0) is 49.9 Å². The molecular weight excluding hydrogens is 298 g/mol. The number of nitrogens with zero attached hydrogens (tertiary/aromatic N) is 3. The highest BCUT2D eigenvalue weighted by molar-refractivity contribution is 6.08. The quantitative estimate of drug-likeness (QED) is 0.720. The second-order valence-electron chi connectivity index (χ2n) is 6.55. The van der Waals surface area contributed by atoms with Crippen molar-refractivity contribution in [2.24, 2.45) is 0 Å². The number of benzene rings is 1. The third-order valence-corrected chi connectivity index (χ3v) is 4.80. The molecule has 0 saturated carbocycles. The van der Waals surface area contributed by atoms with E-state index in [0.29, 0.717) is 5.69 Å². The van der Waals surface area contributed by atoms with Crippen LogP contribution in [-0.2, 0) is 12.8 Å². The highest BCUT2D eigenvalue weighted by Gasteiger charge is 2.33. The molecule has 3 heterocycles. The summed E-state index contributed by atoms with van der Waals surface area (Å²) in [4.78, 5) is 20.0. The van der Waals surface area contributed by atoms with Crippen LogP contribution in [0.15, 0.2) is 42.6 Å². The van der Waals surface area contributed by atoms with Crippen molar-refractivity contribution >= 4 is 17.2 Å². The van der Waals surface area contributed by atoms with Gasteiger partial charge in [0.2, 0.25) is 0 Å². The van der Waals surface area contributed by atoms with Crippen molar-refractivity contribution in [3.63, 3.8) is 0 Å². The Morgan fingerprint density at radius 2 is 2.04 bits per heavy atom. The lowest BCUT2D eigenvalue weighted by Gasteiger charge is -2.23. The number of carbonyl (C=O) groups excluding carboxylic acids is 1. The predicted molar refractivity (Wildman–Crippen MR) is 95.7 cm³/mol. The van der Waals surface area contributed by atoms with E-state index < -0.39 is 0 Å². The molecule has 1 aromatic carbocycles. The van der Waals surface area contributed by atoms with Gasteiger partial charge in [0, 0.05) is 17.9 Å². The van der Waals surface area contributed by atoms with E-state index >= 15 is 0 Å². The first-order valence-electron chi connectivity index (χ1n) is 8.49. The van der Waals surface area contributed by atoms with Gasteiger partial charge in [-0.3, -0.25) is 9.20 Å². The Morgan fingerprint density at radius 1 is 1.25 bits per heavy atom. The summed E-state index contributed by atoms with van der Waals surface area (Å²) in [5.41, 5.74) is 5.77. The number of pyridine rings is 1. The first-order chi connectivity index (χ1) is 11.6. The standard InChI is InChI=1S/C20H21N3O/c1-4-16-19(22-12-13(2)9-10-18(22)21-16)20(24)23-14(3)11-15-7-5-6-8-17(15)23/h5-10,12,14H,4,11H2,1-3H3. The molecule has 1 unspecified atom stereocenters. The molecule has 2 aromatic heterocycles. The van der Waals surface area contributed by atoms with E-state index in [1.165, 1.54) is 5.56 Å². The number of amides is 1. The molecule has 24 heavy (non-hydrogen) atoms. The number of fused-ring (bicyclic) bond motifs is 2. The van der Waals surface area contributed by atoms with Crippen LogP contribution in [0.25, 0.3) is 5.65 Å². The average Bonchev–Trinajstić information content (AvgIpc) is 3.10. The number of hydrogen-bond acceptors (Lipinski definition) is 2. The summed E-state index contributed by atoms with van der Waals surface area (Å²) in [5.74, 6) is 0.0439. The number of aryl methyl sites for hydroxylation is 2. The maximum atomic E-state index is 13.5. The summed E-state index contributed by atoms with van der Waals surface area (Å²) in [7, 11) is 0. The summed E-state index contributed by atoms with van der Waals surface area (Å²) in [6, 6.07) is 12.4. The van der Waals surface area contributed by atoms with E-state index in [9.17, 15) is 4.79 Å². The molecule has 1 atom stereocenters. The number of hydrogen-bond donors (Lipinski definition) is 0. The molecule has 0 radical (unpaired) electrons. The Kier molecular flexibility index (Phi) is 3.41. The number of rotatable bonds is 2. The fraction of sp³-hybridized carbons (Fsp3) is 0.300. The summed E-state index contributed by atoms with van der Waals surface area (Å²) in [6.45, 7) is 6.19. The molecule has 0 aliphatic carbocycles. The zero-order chi connectivity index (χ0) is 16.8. The minimum Gasteiger partial charge on any atom is -0.304 e. The number of carbonyl (C=O) groups is 1. The molecule has 1 aliphatic rings. The fourth-order valence-corrected chi connectivity index (χ4v) is 3.66. The Hall–Kier alpha value is -2.62. The highest BCUT2D eigenvalue weighted by atomic mass is 16.2. The Bertz CT molecular complexity index is 941.